The van der Waals surface area contributed by atoms with E-state index in [1.165, 1.54) is 5.56 Å². The first kappa shape index (κ1) is 14.8. The lowest BCUT2D eigenvalue weighted by Crippen LogP contribution is -2.21. The number of hydrogen-bond donors (Lipinski definition) is 1. The quantitative estimate of drug-likeness (QED) is 0.837. The van der Waals surface area contributed by atoms with Gasteiger partial charge in [0.05, 0.1) is 11.5 Å². The molecule has 0 fully saturated rings. The summed E-state index contributed by atoms with van der Waals surface area (Å²) in [6.07, 6.45) is 5.17. The fourth-order valence-corrected chi connectivity index (χ4v) is 2.13. The van der Waals surface area contributed by atoms with Crippen LogP contribution < -0.4 is 5.32 Å². The van der Waals surface area contributed by atoms with E-state index in [0.717, 1.165) is 13.0 Å². The summed E-state index contributed by atoms with van der Waals surface area (Å²) < 4.78 is 2.18. The zero-order valence-electron chi connectivity index (χ0n) is 12.2. The van der Waals surface area contributed by atoms with Crippen molar-refractivity contribution in [1.82, 2.24) is 9.88 Å². The highest BCUT2D eigenvalue weighted by Gasteiger charge is 2.17. The van der Waals surface area contributed by atoms with Crippen molar-refractivity contribution in [3.05, 3.63) is 24.0 Å². The molecule has 3 heteroatoms. The first-order chi connectivity index (χ1) is 8.39. The van der Waals surface area contributed by atoms with Gasteiger partial charge in [-0.3, -0.25) is 0 Å². The van der Waals surface area contributed by atoms with Gasteiger partial charge in [-0.1, -0.05) is 13.8 Å². The normalized spacial score (nSPS) is 13.6. The van der Waals surface area contributed by atoms with Crippen LogP contribution in [-0.2, 0) is 6.54 Å². The van der Waals surface area contributed by atoms with Crippen molar-refractivity contribution < 1.29 is 0 Å². The number of nitriles is 1. The summed E-state index contributed by atoms with van der Waals surface area (Å²) in [5.41, 5.74) is 1.08. The molecular weight excluding hydrogens is 222 g/mol. The summed E-state index contributed by atoms with van der Waals surface area (Å²) >= 11 is 0. The van der Waals surface area contributed by atoms with Crippen LogP contribution in [0, 0.1) is 22.7 Å². The number of hydrogen-bond acceptors (Lipinski definition) is 2. The van der Waals surface area contributed by atoms with Gasteiger partial charge in [0.1, 0.15) is 0 Å². The molecule has 0 saturated heterocycles. The Morgan fingerprint density at radius 2 is 2.11 bits per heavy atom. The van der Waals surface area contributed by atoms with E-state index < -0.39 is 0 Å². The molecule has 18 heavy (non-hydrogen) atoms. The molecule has 0 spiro atoms. The molecule has 1 atom stereocenters. The molecule has 1 aromatic heterocycles. The lowest BCUT2D eigenvalue weighted by Gasteiger charge is -2.19. The van der Waals surface area contributed by atoms with Crippen LogP contribution in [0.25, 0.3) is 0 Å². The number of aromatic nitrogens is 1. The Morgan fingerprint density at radius 3 is 2.61 bits per heavy atom. The summed E-state index contributed by atoms with van der Waals surface area (Å²) in [6.45, 7) is 9.31. The average Bonchev–Trinajstić information content (AvgIpc) is 2.76. The third-order valence-electron chi connectivity index (χ3n) is 3.41. The van der Waals surface area contributed by atoms with Gasteiger partial charge < -0.3 is 9.88 Å². The molecule has 1 aromatic rings. The van der Waals surface area contributed by atoms with Crippen LogP contribution in [-0.4, -0.2) is 11.6 Å². The smallest absolute Gasteiger partial charge is 0.0684 e. The number of nitrogens with zero attached hydrogens (tertiary/aromatic N) is 2. The molecular formula is C15H25N3. The Hall–Kier alpha value is -1.27. The standard InChI is InChI=1S/C15H25N3/c1-12(2)14(17-5)13-6-8-18(10-13)9-7-15(3,4)11-16/h6,8,10,12,14,17H,7,9H2,1-5H3. The van der Waals surface area contributed by atoms with E-state index in [0.29, 0.717) is 12.0 Å². The highest BCUT2D eigenvalue weighted by molar-refractivity contribution is 5.16. The van der Waals surface area contributed by atoms with Crippen LogP contribution in [0.3, 0.4) is 0 Å². The molecule has 0 radical (unpaired) electrons. The summed E-state index contributed by atoms with van der Waals surface area (Å²) in [5, 5.41) is 12.4. The highest BCUT2D eigenvalue weighted by atomic mass is 15.0. The lowest BCUT2D eigenvalue weighted by molar-refractivity contribution is 0.411. The van der Waals surface area contributed by atoms with Crippen LogP contribution in [0.5, 0.6) is 0 Å². The molecule has 1 heterocycles. The van der Waals surface area contributed by atoms with Crippen molar-refractivity contribution in [2.45, 2.75) is 46.7 Å². The Labute approximate surface area is 111 Å². The minimum atomic E-state index is -0.245. The zero-order valence-corrected chi connectivity index (χ0v) is 12.2. The van der Waals surface area contributed by atoms with E-state index in [9.17, 15) is 0 Å². The van der Waals surface area contributed by atoms with Crippen LogP contribution >= 0.6 is 0 Å². The van der Waals surface area contributed by atoms with Gasteiger partial charge in [0.15, 0.2) is 0 Å². The fraction of sp³-hybridized carbons (Fsp3) is 0.667. The molecule has 0 aromatic carbocycles. The van der Waals surface area contributed by atoms with Gasteiger partial charge in [-0.15, -0.1) is 0 Å². The molecule has 1 unspecified atom stereocenters. The average molecular weight is 247 g/mol. The lowest BCUT2D eigenvalue weighted by atomic mass is 9.91. The summed E-state index contributed by atoms with van der Waals surface area (Å²) in [7, 11) is 2.00. The third-order valence-corrected chi connectivity index (χ3v) is 3.41. The number of aryl methyl sites for hydroxylation is 1. The molecule has 3 nitrogen and oxygen atoms in total. The second-order valence-electron chi connectivity index (χ2n) is 5.94. The zero-order chi connectivity index (χ0) is 13.8. The molecule has 0 amide bonds. The molecule has 0 aliphatic rings. The number of nitrogens with one attached hydrogen (secondary N) is 1. The van der Waals surface area contributed by atoms with Crippen molar-refractivity contribution in [2.24, 2.45) is 11.3 Å². The van der Waals surface area contributed by atoms with E-state index in [1.807, 2.05) is 20.9 Å². The Kier molecular flexibility index (Phi) is 4.98. The second-order valence-corrected chi connectivity index (χ2v) is 5.94. The van der Waals surface area contributed by atoms with E-state index in [4.69, 9.17) is 5.26 Å². The topological polar surface area (TPSA) is 40.8 Å². The third kappa shape index (κ3) is 3.89. The number of rotatable bonds is 6. The largest absolute Gasteiger partial charge is 0.354 e. The molecule has 0 aliphatic heterocycles. The Balaban J connectivity index is 2.67. The predicted octanol–water partition coefficient (Wildman–Crippen LogP) is 3.34. The molecule has 1 N–H and O–H groups in total. The van der Waals surface area contributed by atoms with Gasteiger partial charge in [0.2, 0.25) is 0 Å². The molecule has 0 saturated carbocycles. The van der Waals surface area contributed by atoms with Crippen molar-refractivity contribution in [3.8, 4) is 6.07 Å². The first-order valence-electron chi connectivity index (χ1n) is 6.64. The van der Waals surface area contributed by atoms with Crippen LogP contribution in [0.15, 0.2) is 18.5 Å². The Morgan fingerprint density at radius 1 is 1.44 bits per heavy atom. The monoisotopic (exact) mass is 247 g/mol. The SMILES string of the molecule is CNC(c1ccn(CCC(C)(C)C#N)c1)C(C)C. The van der Waals surface area contributed by atoms with Crippen LogP contribution in [0.1, 0.15) is 45.7 Å². The summed E-state index contributed by atoms with van der Waals surface area (Å²) in [5.74, 6) is 0.571. The van der Waals surface area contributed by atoms with Gasteiger partial charge >= 0.3 is 0 Å². The maximum atomic E-state index is 9.01. The van der Waals surface area contributed by atoms with E-state index in [2.05, 4.69) is 48.3 Å². The van der Waals surface area contributed by atoms with Crippen LogP contribution in [0.4, 0.5) is 0 Å². The van der Waals surface area contributed by atoms with E-state index in [1.54, 1.807) is 0 Å². The van der Waals surface area contributed by atoms with Gasteiger partial charge in [-0.2, -0.15) is 5.26 Å². The van der Waals surface area contributed by atoms with Gasteiger partial charge in [-0.05, 0) is 44.9 Å². The summed E-state index contributed by atoms with van der Waals surface area (Å²) in [4.78, 5) is 0. The molecule has 0 aliphatic carbocycles. The minimum Gasteiger partial charge on any atom is -0.354 e. The second kappa shape index (κ2) is 6.06. The van der Waals surface area contributed by atoms with Gasteiger partial charge in [0, 0.05) is 25.0 Å². The minimum absolute atomic E-state index is 0.245. The molecule has 0 bridgehead atoms. The van der Waals surface area contributed by atoms with E-state index in [-0.39, 0.29) is 5.41 Å². The predicted molar refractivity (Wildman–Crippen MR) is 75.1 cm³/mol. The van der Waals surface area contributed by atoms with Crippen LogP contribution in [0.2, 0.25) is 0 Å². The molecule has 1 rings (SSSR count). The molecule has 100 valence electrons. The van der Waals surface area contributed by atoms with Gasteiger partial charge in [0.25, 0.3) is 0 Å². The fourth-order valence-electron chi connectivity index (χ4n) is 2.13. The van der Waals surface area contributed by atoms with Crippen molar-refractivity contribution in [3.63, 3.8) is 0 Å². The van der Waals surface area contributed by atoms with Crippen molar-refractivity contribution in [2.75, 3.05) is 7.05 Å². The van der Waals surface area contributed by atoms with Crippen molar-refractivity contribution in [1.29, 1.82) is 5.26 Å². The maximum absolute atomic E-state index is 9.01. The summed E-state index contributed by atoms with van der Waals surface area (Å²) in [6, 6.07) is 4.91. The maximum Gasteiger partial charge on any atom is 0.0684 e. The Bertz CT molecular complexity index is 410. The first-order valence-corrected chi connectivity index (χ1v) is 6.64. The highest BCUT2D eigenvalue weighted by Crippen LogP contribution is 2.23. The van der Waals surface area contributed by atoms with Gasteiger partial charge in [-0.25, -0.2) is 0 Å². The van der Waals surface area contributed by atoms with E-state index >= 15 is 0 Å². The van der Waals surface area contributed by atoms with Crippen molar-refractivity contribution >= 4 is 0 Å².